The highest BCUT2D eigenvalue weighted by molar-refractivity contribution is 5.76. The van der Waals surface area contributed by atoms with Crippen molar-refractivity contribution in [3.8, 4) is 11.5 Å². The molecule has 3 heterocycles. The number of nitrogens with one attached hydrogen (secondary N) is 1. The maximum absolute atomic E-state index is 12.5. The van der Waals surface area contributed by atoms with E-state index in [0.717, 1.165) is 32.5 Å². The molecule has 2 aromatic heterocycles. The zero-order valence-corrected chi connectivity index (χ0v) is 16.2. The molecule has 29 heavy (non-hydrogen) atoms. The molecule has 1 N–H and O–H groups in total. The molecule has 0 aliphatic carbocycles. The zero-order valence-electron chi connectivity index (χ0n) is 16.2. The Balaban J connectivity index is 1.29. The lowest BCUT2D eigenvalue weighted by Gasteiger charge is -2.32. The van der Waals surface area contributed by atoms with Crippen molar-refractivity contribution in [1.82, 2.24) is 20.0 Å². The van der Waals surface area contributed by atoms with Gasteiger partial charge < -0.3 is 9.73 Å². The normalized spacial score (nSPS) is 15.3. The maximum atomic E-state index is 12.5. The van der Waals surface area contributed by atoms with E-state index in [1.165, 1.54) is 16.3 Å². The first-order valence-corrected chi connectivity index (χ1v) is 9.85. The number of hydrogen-bond donors (Lipinski definition) is 1. The molecule has 0 saturated carbocycles. The second kappa shape index (κ2) is 8.87. The van der Waals surface area contributed by atoms with Crippen molar-refractivity contribution in [2.75, 3.05) is 13.1 Å². The van der Waals surface area contributed by atoms with Gasteiger partial charge in [0.05, 0.1) is 6.26 Å². The van der Waals surface area contributed by atoms with Crippen LogP contribution in [0.1, 0.15) is 18.4 Å². The third-order valence-corrected chi connectivity index (χ3v) is 5.14. The Morgan fingerprint density at radius 2 is 1.86 bits per heavy atom. The number of hydrogen-bond acceptors (Lipinski definition) is 5. The summed E-state index contributed by atoms with van der Waals surface area (Å²) in [5.41, 5.74) is 1.52. The van der Waals surface area contributed by atoms with Crippen LogP contribution in [-0.4, -0.2) is 39.7 Å². The van der Waals surface area contributed by atoms with Crippen LogP contribution in [0.15, 0.2) is 70.1 Å². The van der Waals surface area contributed by atoms with E-state index in [4.69, 9.17) is 4.42 Å². The Morgan fingerprint density at radius 1 is 1.07 bits per heavy atom. The number of amides is 1. The summed E-state index contributed by atoms with van der Waals surface area (Å²) in [6.07, 6.45) is 3.34. The molecule has 1 fully saturated rings. The van der Waals surface area contributed by atoms with Gasteiger partial charge in [0.25, 0.3) is 5.56 Å². The van der Waals surface area contributed by atoms with Crippen molar-refractivity contribution < 1.29 is 9.21 Å². The molecular weight excluding hydrogens is 368 g/mol. The molecule has 0 atom stereocenters. The van der Waals surface area contributed by atoms with E-state index in [2.05, 4.69) is 39.6 Å². The molecule has 1 saturated heterocycles. The highest BCUT2D eigenvalue weighted by Gasteiger charge is 2.21. The van der Waals surface area contributed by atoms with Crippen molar-refractivity contribution >= 4 is 5.91 Å². The van der Waals surface area contributed by atoms with Crippen LogP contribution in [0.3, 0.4) is 0 Å². The van der Waals surface area contributed by atoms with E-state index in [-0.39, 0.29) is 24.1 Å². The molecule has 3 aromatic rings. The first-order valence-electron chi connectivity index (χ1n) is 9.85. The van der Waals surface area contributed by atoms with Gasteiger partial charge in [0, 0.05) is 31.7 Å². The predicted molar refractivity (Wildman–Crippen MR) is 109 cm³/mol. The number of rotatable bonds is 6. The van der Waals surface area contributed by atoms with E-state index in [9.17, 15) is 9.59 Å². The van der Waals surface area contributed by atoms with E-state index < -0.39 is 0 Å². The number of carbonyl (C=O) groups is 1. The van der Waals surface area contributed by atoms with Gasteiger partial charge in [0.15, 0.2) is 5.76 Å². The van der Waals surface area contributed by atoms with Gasteiger partial charge in [-0.1, -0.05) is 30.3 Å². The van der Waals surface area contributed by atoms with E-state index in [1.807, 2.05) is 6.07 Å². The summed E-state index contributed by atoms with van der Waals surface area (Å²) in [4.78, 5) is 26.9. The molecule has 4 rings (SSSR count). The summed E-state index contributed by atoms with van der Waals surface area (Å²) in [6, 6.07) is 17.0. The van der Waals surface area contributed by atoms with Crippen molar-refractivity contribution in [2.24, 2.45) is 0 Å². The molecule has 1 amide bonds. The number of furan rings is 1. The minimum Gasteiger partial charge on any atom is -0.463 e. The highest BCUT2D eigenvalue weighted by Crippen LogP contribution is 2.15. The highest BCUT2D eigenvalue weighted by atomic mass is 16.3. The molecule has 0 bridgehead atoms. The van der Waals surface area contributed by atoms with Gasteiger partial charge in [0.1, 0.15) is 12.2 Å². The van der Waals surface area contributed by atoms with Crippen molar-refractivity contribution in [3.05, 3.63) is 76.8 Å². The van der Waals surface area contributed by atoms with Gasteiger partial charge in [-0.2, -0.15) is 5.10 Å². The fourth-order valence-corrected chi connectivity index (χ4v) is 3.60. The molecule has 1 aliphatic heterocycles. The summed E-state index contributed by atoms with van der Waals surface area (Å²) in [7, 11) is 0. The smallest absolute Gasteiger partial charge is 0.267 e. The average Bonchev–Trinajstić information content (AvgIpc) is 3.27. The van der Waals surface area contributed by atoms with Gasteiger partial charge in [0.2, 0.25) is 5.91 Å². The molecule has 150 valence electrons. The summed E-state index contributed by atoms with van der Waals surface area (Å²) < 4.78 is 6.49. The number of nitrogens with zero attached hydrogens (tertiary/aromatic N) is 3. The third kappa shape index (κ3) is 5.00. The number of aromatic nitrogens is 2. The van der Waals surface area contributed by atoms with Crippen LogP contribution in [0.5, 0.6) is 0 Å². The Labute approximate surface area is 169 Å². The van der Waals surface area contributed by atoms with Crippen LogP contribution >= 0.6 is 0 Å². The van der Waals surface area contributed by atoms with Crippen molar-refractivity contribution in [1.29, 1.82) is 0 Å². The summed E-state index contributed by atoms with van der Waals surface area (Å²) >= 11 is 0. The van der Waals surface area contributed by atoms with E-state index in [1.54, 1.807) is 24.5 Å². The molecule has 0 unspecified atom stereocenters. The van der Waals surface area contributed by atoms with Gasteiger partial charge in [-0.25, -0.2) is 4.68 Å². The summed E-state index contributed by atoms with van der Waals surface area (Å²) in [5.74, 6) is 0.364. The van der Waals surface area contributed by atoms with Gasteiger partial charge in [-0.05, 0) is 36.6 Å². The standard InChI is InChI=1S/C22H24N4O3/c27-21(16-26-22(28)9-8-19(24-26)20-7-4-14-29-20)23-18-10-12-25(13-11-18)15-17-5-2-1-3-6-17/h1-9,14,18H,10-13,15-16H2,(H,23,27). The first-order chi connectivity index (χ1) is 14.2. The van der Waals surface area contributed by atoms with Crippen LogP contribution < -0.4 is 10.9 Å². The van der Waals surface area contributed by atoms with Gasteiger partial charge >= 0.3 is 0 Å². The second-order valence-electron chi connectivity index (χ2n) is 7.30. The molecule has 0 radical (unpaired) electrons. The monoisotopic (exact) mass is 392 g/mol. The van der Waals surface area contributed by atoms with Crippen LogP contribution in [0, 0.1) is 0 Å². The summed E-state index contributed by atoms with van der Waals surface area (Å²) in [6.45, 7) is 2.70. The molecule has 7 heteroatoms. The SMILES string of the molecule is O=C(Cn1nc(-c2ccco2)ccc1=O)NC1CCN(Cc2ccccc2)CC1. The fraction of sp³-hybridized carbons (Fsp3) is 0.318. The molecule has 0 spiro atoms. The number of carbonyl (C=O) groups excluding carboxylic acids is 1. The maximum Gasteiger partial charge on any atom is 0.267 e. The van der Waals surface area contributed by atoms with Crippen LogP contribution in [0.4, 0.5) is 0 Å². The Hall–Kier alpha value is -3.19. The number of likely N-dealkylation sites (tertiary alicyclic amines) is 1. The number of piperidine rings is 1. The van der Waals surface area contributed by atoms with Gasteiger partial charge in [-0.15, -0.1) is 0 Å². The Kier molecular flexibility index (Phi) is 5.86. The molecular formula is C22H24N4O3. The topological polar surface area (TPSA) is 80.4 Å². The molecule has 7 nitrogen and oxygen atoms in total. The lowest BCUT2D eigenvalue weighted by Crippen LogP contribution is -2.46. The average molecular weight is 392 g/mol. The third-order valence-electron chi connectivity index (χ3n) is 5.14. The van der Waals surface area contributed by atoms with E-state index >= 15 is 0 Å². The van der Waals surface area contributed by atoms with Crippen LogP contribution in [0.25, 0.3) is 11.5 Å². The van der Waals surface area contributed by atoms with Crippen molar-refractivity contribution in [3.63, 3.8) is 0 Å². The Bertz CT molecular complexity index is 990. The molecule has 1 aliphatic rings. The van der Waals surface area contributed by atoms with Crippen LogP contribution in [0.2, 0.25) is 0 Å². The summed E-state index contributed by atoms with van der Waals surface area (Å²) in [5, 5.41) is 7.29. The fourth-order valence-electron chi connectivity index (χ4n) is 3.60. The van der Waals surface area contributed by atoms with Crippen LogP contribution in [-0.2, 0) is 17.9 Å². The quantitative estimate of drug-likeness (QED) is 0.696. The minimum absolute atomic E-state index is 0.0996. The Morgan fingerprint density at radius 3 is 2.59 bits per heavy atom. The lowest BCUT2D eigenvalue weighted by atomic mass is 10.0. The minimum atomic E-state index is -0.312. The van der Waals surface area contributed by atoms with E-state index in [0.29, 0.717) is 11.5 Å². The largest absolute Gasteiger partial charge is 0.463 e. The predicted octanol–water partition coefficient (Wildman–Crippen LogP) is 2.28. The van der Waals surface area contributed by atoms with Crippen molar-refractivity contribution in [2.45, 2.75) is 32.0 Å². The lowest BCUT2D eigenvalue weighted by molar-refractivity contribution is -0.122. The van der Waals surface area contributed by atoms with Gasteiger partial charge in [-0.3, -0.25) is 14.5 Å². The first kappa shape index (κ1) is 19.1. The second-order valence-corrected chi connectivity index (χ2v) is 7.30. The molecule has 1 aromatic carbocycles. The number of benzene rings is 1. The zero-order chi connectivity index (χ0) is 20.1.